The van der Waals surface area contributed by atoms with Crippen molar-refractivity contribution in [3.8, 4) is 17.9 Å². The number of carbonyl (C=O) groups is 1. The zero-order valence-corrected chi connectivity index (χ0v) is 18.0. The second-order valence-corrected chi connectivity index (χ2v) is 8.03. The summed E-state index contributed by atoms with van der Waals surface area (Å²) in [5.74, 6) is 0.368. The van der Waals surface area contributed by atoms with Gasteiger partial charge in [-0.25, -0.2) is 0 Å². The first-order valence-corrected chi connectivity index (χ1v) is 10.5. The van der Waals surface area contributed by atoms with Crippen molar-refractivity contribution < 1.29 is 9.53 Å². The highest BCUT2D eigenvalue weighted by Gasteiger charge is 2.19. The third-order valence-electron chi connectivity index (χ3n) is 4.84. The average Bonchev–Trinajstić information content (AvgIpc) is 3.24. The van der Waals surface area contributed by atoms with Gasteiger partial charge in [-0.05, 0) is 65.3 Å². The summed E-state index contributed by atoms with van der Waals surface area (Å²) < 4.78 is 6.72. The highest BCUT2D eigenvalue weighted by molar-refractivity contribution is 14.1. The van der Waals surface area contributed by atoms with E-state index in [-0.39, 0.29) is 17.5 Å². The third kappa shape index (κ3) is 5.58. The van der Waals surface area contributed by atoms with Gasteiger partial charge in [-0.2, -0.15) is 10.5 Å². The Labute approximate surface area is 184 Å². The summed E-state index contributed by atoms with van der Waals surface area (Å²) in [6, 6.07) is 17.2. The number of carbonyl (C=O) groups excluding carboxylic acids is 1. The standard InChI is InChI=1S/C23H20IN3O2/c24-21-12-16(11-19(14-26)23(28)27-20-7-3-4-8-20)9-10-22(21)29-15-18-6-2-1-5-17(18)13-25/h1-2,5-6,9-12,20H,3-4,7-8,15H2,(H,27,28)/b19-11-. The monoisotopic (exact) mass is 497 g/mol. The molecule has 0 heterocycles. The molecule has 146 valence electrons. The minimum Gasteiger partial charge on any atom is -0.488 e. The third-order valence-corrected chi connectivity index (χ3v) is 5.69. The Bertz CT molecular complexity index is 1010. The van der Waals surface area contributed by atoms with Crippen molar-refractivity contribution in [2.24, 2.45) is 0 Å². The molecule has 29 heavy (non-hydrogen) atoms. The number of hydrogen-bond acceptors (Lipinski definition) is 4. The number of rotatable bonds is 6. The number of nitrogens with zero attached hydrogens (tertiary/aromatic N) is 2. The lowest BCUT2D eigenvalue weighted by atomic mass is 10.1. The van der Waals surface area contributed by atoms with E-state index >= 15 is 0 Å². The van der Waals surface area contributed by atoms with Crippen LogP contribution in [0.3, 0.4) is 0 Å². The molecule has 2 aromatic rings. The SMILES string of the molecule is N#C/C(=C/c1ccc(OCc2ccccc2C#N)c(I)c1)C(=O)NC1CCCC1. The maximum Gasteiger partial charge on any atom is 0.262 e. The Morgan fingerprint density at radius 2 is 1.97 bits per heavy atom. The van der Waals surface area contributed by atoms with E-state index in [2.05, 4.69) is 34.0 Å². The van der Waals surface area contributed by atoms with Crippen molar-refractivity contribution in [3.63, 3.8) is 0 Å². The second kappa shape index (κ2) is 10.1. The molecule has 2 aromatic carbocycles. The van der Waals surface area contributed by atoms with Gasteiger partial charge in [0.1, 0.15) is 24.0 Å². The fourth-order valence-corrected chi connectivity index (χ4v) is 3.98. The fourth-order valence-electron chi connectivity index (χ4n) is 3.28. The van der Waals surface area contributed by atoms with Crippen molar-refractivity contribution in [2.75, 3.05) is 0 Å². The molecule has 1 aliphatic carbocycles. The van der Waals surface area contributed by atoms with Gasteiger partial charge in [0.2, 0.25) is 0 Å². The number of amides is 1. The van der Waals surface area contributed by atoms with Gasteiger partial charge in [0.05, 0.1) is 15.2 Å². The van der Waals surface area contributed by atoms with E-state index in [0.29, 0.717) is 17.9 Å². The Balaban J connectivity index is 1.69. The molecule has 1 saturated carbocycles. The molecule has 0 aliphatic heterocycles. The quantitative estimate of drug-likeness (QED) is 0.356. The Kier molecular flexibility index (Phi) is 7.26. The summed E-state index contributed by atoms with van der Waals surface area (Å²) in [4.78, 5) is 12.4. The molecule has 5 nitrogen and oxygen atoms in total. The smallest absolute Gasteiger partial charge is 0.262 e. The molecule has 0 atom stereocenters. The van der Waals surface area contributed by atoms with E-state index in [1.165, 1.54) is 0 Å². The van der Waals surface area contributed by atoms with E-state index in [1.807, 2.05) is 42.5 Å². The molecule has 0 spiro atoms. The van der Waals surface area contributed by atoms with Crippen molar-refractivity contribution in [3.05, 3.63) is 68.3 Å². The highest BCUT2D eigenvalue weighted by Crippen LogP contribution is 2.25. The first-order chi connectivity index (χ1) is 14.1. The van der Waals surface area contributed by atoms with Crippen LogP contribution in [0.25, 0.3) is 6.08 Å². The summed E-state index contributed by atoms with van der Waals surface area (Å²) in [6.07, 6.45) is 5.79. The number of halogens is 1. The minimum absolute atomic E-state index is 0.101. The van der Waals surface area contributed by atoms with Crippen LogP contribution in [0, 0.1) is 26.2 Å². The lowest BCUT2D eigenvalue weighted by molar-refractivity contribution is -0.117. The van der Waals surface area contributed by atoms with E-state index < -0.39 is 0 Å². The largest absolute Gasteiger partial charge is 0.488 e. The first kappa shape index (κ1) is 20.9. The summed E-state index contributed by atoms with van der Waals surface area (Å²) in [6.45, 7) is 0.294. The van der Waals surface area contributed by atoms with Crippen LogP contribution in [0.4, 0.5) is 0 Å². The van der Waals surface area contributed by atoms with Gasteiger partial charge in [0, 0.05) is 11.6 Å². The Hall–Kier alpha value is -2.84. The van der Waals surface area contributed by atoms with Gasteiger partial charge >= 0.3 is 0 Å². The van der Waals surface area contributed by atoms with Crippen molar-refractivity contribution in [2.45, 2.75) is 38.3 Å². The summed E-state index contributed by atoms with van der Waals surface area (Å²) in [5, 5.41) is 21.5. The summed E-state index contributed by atoms with van der Waals surface area (Å²) >= 11 is 2.16. The second-order valence-electron chi connectivity index (χ2n) is 6.87. The van der Waals surface area contributed by atoms with Crippen LogP contribution in [0.5, 0.6) is 5.75 Å². The van der Waals surface area contributed by atoms with Gasteiger partial charge in [-0.3, -0.25) is 4.79 Å². The highest BCUT2D eigenvalue weighted by atomic mass is 127. The zero-order valence-electron chi connectivity index (χ0n) is 15.8. The maximum absolute atomic E-state index is 12.4. The van der Waals surface area contributed by atoms with E-state index in [1.54, 1.807) is 12.1 Å². The number of nitriles is 2. The molecular formula is C23H20IN3O2. The molecule has 1 aliphatic rings. The van der Waals surface area contributed by atoms with Crippen LogP contribution in [0.15, 0.2) is 48.0 Å². The van der Waals surface area contributed by atoms with E-state index in [9.17, 15) is 15.3 Å². The molecule has 0 bridgehead atoms. The molecular weight excluding hydrogens is 477 g/mol. The van der Waals surface area contributed by atoms with Crippen LogP contribution >= 0.6 is 22.6 Å². The molecule has 3 rings (SSSR count). The zero-order chi connectivity index (χ0) is 20.6. The number of nitrogens with one attached hydrogen (secondary N) is 1. The van der Waals surface area contributed by atoms with Gasteiger partial charge in [-0.1, -0.05) is 37.1 Å². The number of benzene rings is 2. The van der Waals surface area contributed by atoms with Crippen molar-refractivity contribution >= 4 is 34.6 Å². The van der Waals surface area contributed by atoms with Crippen LogP contribution in [-0.4, -0.2) is 11.9 Å². The van der Waals surface area contributed by atoms with Crippen molar-refractivity contribution in [1.82, 2.24) is 5.32 Å². The Morgan fingerprint density at radius 3 is 2.66 bits per heavy atom. The number of hydrogen-bond donors (Lipinski definition) is 1. The van der Waals surface area contributed by atoms with E-state index in [0.717, 1.165) is 40.4 Å². The molecule has 0 unspecified atom stereocenters. The molecule has 0 saturated heterocycles. The Morgan fingerprint density at radius 1 is 1.21 bits per heavy atom. The fraction of sp³-hybridized carbons (Fsp3) is 0.261. The average molecular weight is 497 g/mol. The lowest BCUT2D eigenvalue weighted by Gasteiger charge is -2.11. The summed E-state index contributed by atoms with van der Waals surface area (Å²) in [7, 11) is 0. The van der Waals surface area contributed by atoms with Crippen LogP contribution in [0.2, 0.25) is 0 Å². The van der Waals surface area contributed by atoms with Gasteiger partial charge in [0.25, 0.3) is 5.91 Å². The van der Waals surface area contributed by atoms with Gasteiger partial charge in [0.15, 0.2) is 0 Å². The minimum atomic E-state index is -0.317. The topological polar surface area (TPSA) is 85.9 Å². The molecule has 0 radical (unpaired) electrons. The van der Waals surface area contributed by atoms with Crippen LogP contribution in [0.1, 0.15) is 42.4 Å². The van der Waals surface area contributed by atoms with Crippen LogP contribution < -0.4 is 10.1 Å². The van der Waals surface area contributed by atoms with Gasteiger partial charge < -0.3 is 10.1 Å². The molecule has 1 fully saturated rings. The predicted molar refractivity (Wildman–Crippen MR) is 119 cm³/mol. The van der Waals surface area contributed by atoms with Crippen LogP contribution in [-0.2, 0) is 11.4 Å². The summed E-state index contributed by atoms with van der Waals surface area (Å²) in [5.41, 5.74) is 2.28. The molecule has 6 heteroatoms. The van der Waals surface area contributed by atoms with E-state index in [4.69, 9.17) is 4.74 Å². The number of ether oxygens (including phenoxy) is 1. The van der Waals surface area contributed by atoms with Gasteiger partial charge in [-0.15, -0.1) is 0 Å². The normalized spacial score (nSPS) is 14.1. The molecule has 1 amide bonds. The van der Waals surface area contributed by atoms with Crippen molar-refractivity contribution in [1.29, 1.82) is 10.5 Å². The predicted octanol–water partition coefficient (Wildman–Crippen LogP) is 4.71. The first-order valence-electron chi connectivity index (χ1n) is 9.43. The molecule has 0 aromatic heterocycles. The lowest BCUT2D eigenvalue weighted by Crippen LogP contribution is -2.33. The maximum atomic E-state index is 12.4. The molecule has 1 N–H and O–H groups in total.